The zero-order valence-electron chi connectivity index (χ0n) is 24.3. The third-order valence-electron chi connectivity index (χ3n) is 6.78. The van der Waals surface area contributed by atoms with Crippen molar-refractivity contribution < 1.29 is 29.4 Å². The first kappa shape index (κ1) is 33.0. The fraction of sp³-hybridized carbons (Fsp3) is 0.308. The number of hydrogen-bond acceptors (Lipinski definition) is 14. The third-order valence-corrected chi connectivity index (χ3v) is 10.4. The SMILES string of the molecule is CCNc1ncc(NC(=O)N[C@@H](C(=O)NC2C(=O)N3C(C(=O)O)=C(CSC4=CNN(NC)S4)CS[C@H]23)c2ccc(O)cc2)c(=O)[nH]1. The molecule has 20 heteroatoms. The Morgan fingerprint density at radius 1 is 1.22 bits per heavy atom. The third kappa shape index (κ3) is 7.20. The first-order valence-electron chi connectivity index (χ1n) is 13.7. The number of aromatic nitrogens is 2. The summed E-state index contributed by atoms with van der Waals surface area (Å²) in [6, 6.07) is 2.17. The van der Waals surface area contributed by atoms with Crippen molar-refractivity contribution in [3.63, 3.8) is 0 Å². The van der Waals surface area contributed by atoms with Gasteiger partial charge in [-0.2, -0.15) is 0 Å². The van der Waals surface area contributed by atoms with E-state index in [1.54, 1.807) is 17.8 Å². The van der Waals surface area contributed by atoms with Crippen molar-refractivity contribution >= 4 is 70.9 Å². The molecule has 0 bridgehead atoms. The van der Waals surface area contributed by atoms with Gasteiger partial charge in [-0.1, -0.05) is 16.7 Å². The van der Waals surface area contributed by atoms with Gasteiger partial charge in [0, 0.05) is 43.2 Å². The van der Waals surface area contributed by atoms with Gasteiger partial charge < -0.3 is 36.9 Å². The van der Waals surface area contributed by atoms with Crippen LogP contribution in [0, 0.1) is 0 Å². The minimum Gasteiger partial charge on any atom is -0.508 e. The number of phenolic OH excluding ortho intramolecular Hbond substituents is 1. The summed E-state index contributed by atoms with van der Waals surface area (Å²) in [7, 11) is 1.75. The summed E-state index contributed by atoms with van der Waals surface area (Å²) in [6.07, 6.45) is 2.94. The van der Waals surface area contributed by atoms with E-state index in [2.05, 4.69) is 42.1 Å². The second kappa shape index (κ2) is 14.4. The Labute approximate surface area is 274 Å². The van der Waals surface area contributed by atoms with E-state index >= 15 is 0 Å². The Kier molecular flexibility index (Phi) is 10.3. The maximum Gasteiger partial charge on any atom is 0.352 e. The molecule has 4 heterocycles. The van der Waals surface area contributed by atoms with Crippen molar-refractivity contribution in [2.45, 2.75) is 24.4 Å². The molecule has 17 nitrogen and oxygen atoms in total. The second-order valence-corrected chi connectivity index (χ2v) is 13.1. The van der Waals surface area contributed by atoms with Crippen LogP contribution in [0.15, 0.2) is 57.0 Å². The van der Waals surface area contributed by atoms with E-state index in [-0.39, 0.29) is 28.6 Å². The molecule has 0 radical (unpaired) electrons. The van der Waals surface area contributed by atoms with Crippen LogP contribution in [-0.2, 0) is 14.4 Å². The van der Waals surface area contributed by atoms with Gasteiger partial charge in [0.25, 0.3) is 11.5 Å². The highest BCUT2D eigenvalue weighted by atomic mass is 32.2. The predicted molar refractivity (Wildman–Crippen MR) is 174 cm³/mol. The summed E-state index contributed by atoms with van der Waals surface area (Å²) in [5, 5.41) is 29.4. The summed E-state index contributed by atoms with van der Waals surface area (Å²) >= 11 is 4.15. The van der Waals surface area contributed by atoms with Gasteiger partial charge in [-0.25, -0.2) is 20.0 Å². The summed E-state index contributed by atoms with van der Waals surface area (Å²) in [6.45, 7) is 2.33. The van der Waals surface area contributed by atoms with Gasteiger partial charge in [-0.05, 0) is 30.2 Å². The maximum atomic E-state index is 13.6. The number of thioether (sulfide) groups is 2. The molecule has 0 saturated carbocycles. The monoisotopic (exact) mass is 690 g/mol. The number of carboxylic acid groups (broad SMARTS) is 1. The minimum absolute atomic E-state index is 0.0745. The Hall–Kier alpha value is -4.37. The Bertz CT molecular complexity index is 1650. The van der Waals surface area contributed by atoms with Crippen molar-refractivity contribution in [1.29, 1.82) is 0 Å². The molecule has 46 heavy (non-hydrogen) atoms. The number of nitrogens with zero attached hydrogens (tertiary/aromatic N) is 3. The molecule has 1 saturated heterocycles. The van der Waals surface area contributed by atoms with Crippen LogP contribution < -0.4 is 37.7 Å². The molecule has 244 valence electrons. The zero-order chi connectivity index (χ0) is 33.0. The van der Waals surface area contributed by atoms with Crippen molar-refractivity contribution in [3.8, 4) is 5.75 Å². The van der Waals surface area contributed by atoms with Gasteiger partial charge in [-0.3, -0.25) is 24.3 Å². The van der Waals surface area contributed by atoms with Crippen molar-refractivity contribution in [3.05, 3.63) is 68.1 Å². The molecule has 3 atom stereocenters. The number of carbonyl (C=O) groups is 4. The molecular formula is C26H30N10O7S3. The highest BCUT2D eigenvalue weighted by molar-refractivity contribution is 8.21. The number of hydrazine groups is 2. The van der Waals surface area contributed by atoms with Gasteiger partial charge in [-0.15, -0.1) is 23.5 Å². The Morgan fingerprint density at radius 3 is 2.63 bits per heavy atom. The van der Waals surface area contributed by atoms with Gasteiger partial charge >= 0.3 is 12.0 Å². The van der Waals surface area contributed by atoms with Gasteiger partial charge in [0.1, 0.15) is 34.6 Å². The van der Waals surface area contributed by atoms with E-state index in [4.69, 9.17) is 0 Å². The molecular weight excluding hydrogens is 661 g/mol. The number of amides is 4. The summed E-state index contributed by atoms with van der Waals surface area (Å²) < 4.78 is 2.58. The van der Waals surface area contributed by atoms with Crippen LogP contribution in [0.5, 0.6) is 5.75 Å². The molecule has 1 fully saturated rings. The largest absolute Gasteiger partial charge is 0.508 e. The number of nitrogens with one attached hydrogen (secondary N) is 7. The number of aromatic hydroxyl groups is 1. The summed E-state index contributed by atoms with van der Waals surface area (Å²) in [4.78, 5) is 72.1. The number of rotatable bonds is 12. The number of β-lactam (4-membered cyclic amide) rings is 1. The molecule has 1 aromatic carbocycles. The van der Waals surface area contributed by atoms with Crippen LogP contribution in [0.2, 0.25) is 0 Å². The predicted octanol–water partition coefficient (Wildman–Crippen LogP) is 0.644. The van der Waals surface area contributed by atoms with Crippen LogP contribution >= 0.6 is 35.5 Å². The van der Waals surface area contributed by atoms with Crippen LogP contribution in [0.1, 0.15) is 18.5 Å². The average Bonchev–Trinajstić information content (AvgIpc) is 3.51. The van der Waals surface area contributed by atoms with E-state index < -0.39 is 46.8 Å². The standard InChI is InChI=1S/C26H30N10O7S3/c1-3-28-25-29-8-15(20(38)34-25)31-26(43)33-17(12-4-6-14(37)7-5-12)21(39)32-18-22(40)35-19(24(41)42)13(11-45-23(18)35)10-44-16-9-30-36(27-2)46-16/h4-9,17-18,23,27,30,37H,3,10-11H2,1-2H3,(H,32,39)(H,41,42)(H2,31,33,43)(H2,28,29,34,38)/t17-,18?,23-/m1/s1. The van der Waals surface area contributed by atoms with Crippen LogP contribution in [0.3, 0.4) is 0 Å². The topological polar surface area (TPSA) is 233 Å². The number of hydrogen-bond donors (Lipinski definition) is 9. The number of aliphatic carboxylic acids is 1. The first-order valence-corrected chi connectivity index (χ1v) is 16.5. The lowest BCUT2D eigenvalue weighted by Crippen LogP contribution is -2.71. The minimum atomic E-state index is -1.35. The van der Waals surface area contributed by atoms with E-state index in [0.717, 1.165) is 10.4 Å². The number of urea groups is 1. The number of anilines is 2. The molecule has 5 rings (SSSR count). The highest BCUT2D eigenvalue weighted by Gasteiger charge is 2.54. The number of fused-ring (bicyclic) bond motifs is 1. The van der Waals surface area contributed by atoms with Gasteiger partial charge in [0.05, 0.1) is 10.4 Å². The normalized spacial score (nSPS) is 19.7. The number of carbonyl (C=O) groups excluding carboxylic acids is 3. The smallest absolute Gasteiger partial charge is 0.352 e. The molecule has 3 aliphatic heterocycles. The molecule has 3 aliphatic rings. The molecule has 0 aliphatic carbocycles. The van der Waals surface area contributed by atoms with Crippen molar-refractivity contribution in [2.24, 2.45) is 0 Å². The molecule has 1 unspecified atom stereocenters. The van der Waals surface area contributed by atoms with Crippen molar-refractivity contribution in [1.82, 2.24) is 40.9 Å². The first-order chi connectivity index (χ1) is 22.1. The number of aromatic amines is 1. The average molecular weight is 691 g/mol. The Morgan fingerprint density at radius 2 is 1.98 bits per heavy atom. The van der Waals surface area contributed by atoms with Crippen LogP contribution in [0.25, 0.3) is 0 Å². The highest BCUT2D eigenvalue weighted by Crippen LogP contribution is 2.43. The summed E-state index contributed by atoms with van der Waals surface area (Å²) in [5.41, 5.74) is 5.85. The van der Waals surface area contributed by atoms with Crippen LogP contribution in [-0.4, -0.2) is 89.9 Å². The van der Waals surface area contributed by atoms with Crippen molar-refractivity contribution in [2.75, 3.05) is 35.7 Å². The lowest BCUT2D eigenvalue weighted by atomic mass is 10.0. The fourth-order valence-corrected chi connectivity index (χ4v) is 7.88. The molecule has 0 spiro atoms. The van der Waals surface area contributed by atoms with Crippen LogP contribution in [0.4, 0.5) is 16.4 Å². The molecule has 2 aromatic rings. The molecule has 4 amide bonds. The zero-order valence-corrected chi connectivity index (χ0v) is 26.8. The van der Waals surface area contributed by atoms with E-state index in [9.17, 15) is 34.2 Å². The van der Waals surface area contributed by atoms with Gasteiger partial charge in [0.15, 0.2) is 0 Å². The molecule has 1 aromatic heterocycles. The number of carboxylic acids is 1. The quantitative estimate of drug-likeness (QED) is 0.110. The Balaban J connectivity index is 1.28. The second-order valence-electron chi connectivity index (χ2n) is 9.77. The maximum absolute atomic E-state index is 13.6. The van der Waals surface area contributed by atoms with E-state index in [1.807, 2.05) is 6.92 Å². The fourth-order valence-electron chi connectivity index (χ4n) is 4.62. The number of H-pyrrole nitrogens is 1. The van der Waals surface area contributed by atoms with E-state index in [1.165, 1.54) is 64.6 Å². The molecule has 9 N–H and O–H groups in total. The lowest BCUT2D eigenvalue weighted by molar-refractivity contribution is -0.150. The van der Waals surface area contributed by atoms with E-state index in [0.29, 0.717) is 23.6 Å². The lowest BCUT2D eigenvalue weighted by Gasteiger charge is -2.49. The summed E-state index contributed by atoms with van der Waals surface area (Å²) in [5.74, 6) is -1.79. The number of phenols is 1. The van der Waals surface area contributed by atoms with Gasteiger partial charge in [0.2, 0.25) is 11.9 Å². The number of benzene rings is 1.